The second-order valence-electron chi connectivity index (χ2n) is 14.4. The first-order valence-corrected chi connectivity index (χ1v) is 19.2. The summed E-state index contributed by atoms with van der Waals surface area (Å²) in [6, 6.07) is 70.2. The molecule has 2 aliphatic rings. The van der Waals surface area contributed by atoms with Gasteiger partial charge in [-0.2, -0.15) is 0 Å². The van der Waals surface area contributed by atoms with Crippen molar-refractivity contribution in [1.82, 2.24) is 4.57 Å². The molecule has 0 amide bonds. The van der Waals surface area contributed by atoms with Crippen LogP contribution < -0.4 is 0 Å². The van der Waals surface area contributed by atoms with Crippen LogP contribution in [0.1, 0.15) is 22.3 Å². The molecule has 0 fully saturated rings. The maximum atomic E-state index is 2.52. The largest absolute Gasteiger partial charge is 0.309 e. The average Bonchev–Trinajstić information content (AvgIpc) is 3.73. The van der Waals surface area contributed by atoms with Crippen molar-refractivity contribution in [3.05, 3.63) is 210 Å². The van der Waals surface area contributed by atoms with E-state index in [0.717, 1.165) is 0 Å². The molecule has 2 heteroatoms. The van der Waals surface area contributed by atoms with Gasteiger partial charge in [-0.1, -0.05) is 169 Å². The number of hydrogen-bond donors (Lipinski definition) is 0. The number of benzene rings is 9. The van der Waals surface area contributed by atoms with Crippen LogP contribution in [0.2, 0.25) is 0 Å². The molecule has 1 aliphatic carbocycles. The molecule has 53 heavy (non-hydrogen) atoms. The third kappa shape index (κ3) is 3.88. The van der Waals surface area contributed by atoms with Gasteiger partial charge < -0.3 is 4.57 Å². The van der Waals surface area contributed by atoms with Crippen LogP contribution in [-0.2, 0) is 5.41 Å². The Bertz CT molecular complexity index is 3100. The zero-order valence-corrected chi connectivity index (χ0v) is 29.6. The van der Waals surface area contributed by atoms with Crippen LogP contribution in [0.4, 0.5) is 0 Å². The van der Waals surface area contributed by atoms with Gasteiger partial charge in [0, 0.05) is 31.6 Å². The maximum Gasteiger partial charge on any atom is 0.0735 e. The topological polar surface area (TPSA) is 4.93 Å². The van der Waals surface area contributed by atoms with Crippen molar-refractivity contribution in [3.8, 4) is 27.9 Å². The summed E-state index contributed by atoms with van der Waals surface area (Å²) >= 11 is 1.94. The van der Waals surface area contributed by atoms with Crippen LogP contribution in [0.15, 0.2) is 198 Å². The lowest BCUT2D eigenvalue weighted by molar-refractivity contribution is 0.726. The van der Waals surface area contributed by atoms with E-state index in [1.54, 1.807) is 0 Å². The molecule has 0 saturated heterocycles. The number of fused-ring (bicyclic) bond motifs is 16. The predicted octanol–water partition coefficient (Wildman–Crippen LogP) is 13.6. The molecule has 0 atom stereocenters. The summed E-state index contributed by atoms with van der Waals surface area (Å²) in [4.78, 5) is 2.67. The fourth-order valence-electron chi connectivity index (χ4n) is 9.61. The standard InChI is InChI=1S/C51H31NS/c1-2-13-35-31-36(22-21-32(35)11-1)33-23-26-37(27-24-33)52-46-30-29-45-50(48(46)41-28-25-34-12-3-4-14-38(34)49(41)52)53-47-20-10-9-19-44(47)51(45)42-17-7-5-15-39(42)40-16-6-8-18-43(40)51/h1-31H. The molecular weight excluding hydrogens is 659 g/mol. The van der Waals surface area contributed by atoms with E-state index in [1.165, 1.54) is 103 Å². The summed E-state index contributed by atoms with van der Waals surface area (Å²) in [6.45, 7) is 0. The lowest BCUT2D eigenvalue weighted by Gasteiger charge is -2.40. The third-order valence-electron chi connectivity index (χ3n) is 11.8. The van der Waals surface area contributed by atoms with Crippen molar-refractivity contribution in [2.24, 2.45) is 0 Å². The highest BCUT2D eigenvalue weighted by Gasteiger charge is 2.50. The molecule has 10 aromatic rings. The molecule has 9 aromatic carbocycles. The van der Waals surface area contributed by atoms with E-state index < -0.39 is 5.41 Å². The minimum absolute atomic E-state index is 0.411. The smallest absolute Gasteiger partial charge is 0.0735 e. The first-order chi connectivity index (χ1) is 26.3. The molecule has 246 valence electrons. The monoisotopic (exact) mass is 689 g/mol. The second kappa shape index (κ2) is 10.8. The Morgan fingerprint density at radius 1 is 0.415 bits per heavy atom. The molecule has 0 radical (unpaired) electrons. The van der Waals surface area contributed by atoms with Crippen LogP contribution in [0.3, 0.4) is 0 Å². The molecule has 0 bridgehead atoms. The van der Waals surface area contributed by atoms with Crippen LogP contribution in [0, 0.1) is 0 Å². The number of rotatable bonds is 2. The summed E-state index contributed by atoms with van der Waals surface area (Å²) in [5.74, 6) is 0. The molecule has 0 N–H and O–H groups in total. The van der Waals surface area contributed by atoms with Gasteiger partial charge in [-0.15, -0.1) is 0 Å². The molecule has 1 nitrogen and oxygen atoms in total. The van der Waals surface area contributed by atoms with Gasteiger partial charge in [-0.25, -0.2) is 0 Å². The fraction of sp³-hybridized carbons (Fsp3) is 0.0196. The summed E-state index contributed by atoms with van der Waals surface area (Å²) in [5.41, 5.74) is 13.8. The normalized spacial score (nSPS) is 13.7. The second-order valence-corrected chi connectivity index (χ2v) is 15.5. The zero-order chi connectivity index (χ0) is 34.7. The molecule has 2 heterocycles. The highest BCUT2D eigenvalue weighted by Crippen LogP contribution is 2.63. The molecule has 1 spiro atoms. The van der Waals surface area contributed by atoms with E-state index in [9.17, 15) is 0 Å². The summed E-state index contributed by atoms with van der Waals surface area (Å²) in [5, 5.41) is 7.65. The first kappa shape index (κ1) is 29.3. The van der Waals surface area contributed by atoms with E-state index in [0.29, 0.717) is 0 Å². The molecule has 0 unspecified atom stereocenters. The summed E-state index contributed by atoms with van der Waals surface area (Å²) in [7, 11) is 0. The molecule has 0 saturated carbocycles. The molecule has 1 aromatic heterocycles. The van der Waals surface area contributed by atoms with Gasteiger partial charge in [0.2, 0.25) is 0 Å². The van der Waals surface area contributed by atoms with Crippen molar-refractivity contribution in [1.29, 1.82) is 0 Å². The number of nitrogens with zero attached hydrogens (tertiary/aromatic N) is 1. The Kier molecular flexibility index (Phi) is 5.98. The SMILES string of the molecule is c1ccc2c(c1)Sc1c(ccc3c1c1ccc4ccccc4c1n3-c1ccc(-c3ccc4ccccc4c3)cc1)C21c2ccccc2-c2ccccc21. The number of hydrogen-bond acceptors (Lipinski definition) is 1. The van der Waals surface area contributed by atoms with Crippen molar-refractivity contribution in [2.45, 2.75) is 15.2 Å². The zero-order valence-electron chi connectivity index (χ0n) is 28.8. The van der Waals surface area contributed by atoms with Gasteiger partial charge in [-0.05, 0) is 91.0 Å². The minimum Gasteiger partial charge on any atom is -0.309 e. The van der Waals surface area contributed by atoms with E-state index in [4.69, 9.17) is 0 Å². The average molecular weight is 690 g/mol. The van der Waals surface area contributed by atoms with E-state index in [1.807, 2.05) is 11.8 Å². The minimum atomic E-state index is -0.411. The Hall–Kier alpha value is -6.35. The Morgan fingerprint density at radius 2 is 1.04 bits per heavy atom. The fourth-order valence-corrected chi connectivity index (χ4v) is 11.0. The Morgan fingerprint density at radius 3 is 1.83 bits per heavy atom. The van der Waals surface area contributed by atoms with Crippen LogP contribution in [-0.4, -0.2) is 4.57 Å². The predicted molar refractivity (Wildman–Crippen MR) is 223 cm³/mol. The van der Waals surface area contributed by atoms with Gasteiger partial charge in [0.05, 0.1) is 16.4 Å². The quantitative estimate of drug-likeness (QED) is 0.175. The lowest BCUT2D eigenvalue weighted by atomic mass is 9.67. The van der Waals surface area contributed by atoms with Crippen molar-refractivity contribution >= 4 is 55.1 Å². The lowest BCUT2D eigenvalue weighted by Crippen LogP contribution is -2.32. The van der Waals surface area contributed by atoms with Crippen LogP contribution in [0.25, 0.3) is 71.3 Å². The summed E-state index contributed by atoms with van der Waals surface area (Å²) in [6.07, 6.45) is 0. The first-order valence-electron chi connectivity index (χ1n) is 18.3. The van der Waals surface area contributed by atoms with E-state index >= 15 is 0 Å². The van der Waals surface area contributed by atoms with Crippen molar-refractivity contribution in [3.63, 3.8) is 0 Å². The molecule has 12 rings (SSSR count). The van der Waals surface area contributed by atoms with Gasteiger partial charge in [0.1, 0.15) is 0 Å². The number of aromatic nitrogens is 1. The highest BCUT2D eigenvalue weighted by molar-refractivity contribution is 7.99. The molecule has 1 aliphatic heterocycles. The van der Waals surface area contributed by atoms with Crippen molar-refractivity contribution < 1.29 is 0 Å². The van der Waals surface area contributed by atoms with Gasteiger partial charge in [0.25, 0.3) is 0 Å². The van der Waals surface area contributed by atoms with E-state index in [-0.39, 0.29) is 0 Å². The molecular formula is C51H31NS. The van der Waals surface area contributed by atoms with Crippen molar-refractivity contribution in [2.75, 3.05) is 0 Å². The Labute approximate surface area is 311 Å². The third-order valence-corrected chi connectivity index (χ3v) is 13.0. The van der Waals surface area contributed by atoms with Crippen LogP contribution >= 0.6 is 11.8 Å². The maximum absolute atomic E-state index is 2.52. The highest BCUT2D eigenvalue weighted by atomic mass is 32.2. The van der Waals surface area contributed by atoms with Gasteiger partial charge in [-0.3, -0.25) is 0 Å². The summed E-state index contributed by atoms with van der Waals surface area (Å²) < 4.78 is 2.52. The van der Waals surface area contributed by atoms with Gasteiger partial charge in [0.15, 0.2) is 0 Å². The van der Waals surface area contributed by atoms with Gasteiger partial charge >= 0.3 is 0 Å². The Balaban J connectivity index is 1.16. The van der Waals surface area contributed by atoms with E-state index in [2.05, 4.69) is 193 Å². The van der Waals surface area contributed by atoms with Crippen LogP contribution in [0.5, 0.6) is 0 Å².